The maximum absolute atomic E-state index is 6.52. The summed E-state index contributed by atoms with van der Waals surface area (Å²) in [6.07, 6.45) is 21.1. The minimum absolute atomic E-state index is 0.627. The van der Waals surface area contributed by atoms with Gasteiger partial charge in [-0.3, -0.25) is 0 Å². The highest BCUT2D eigenvalue weighted by Crippen LogP contribution is 2.43. The second-order valence-electron chi connectivity index (χ2n) is 11.7. The first-order valence-corrected chi connectivity index (χ1v) is 27.2. The molecule has 0 bridgehead atoms. The SMILES string of the molecule is CCCCCOC(CCCCSSSSCCCCC(OCCCCC)[SiH](CCC)CCC)[SiH](CCC)CCC. The van der Waals surface area contributed by atoms with E-state index in [1.807, 2.05) is 19.7 Å². The van der Waals surface area contributed by atoms with E-state index in [9.17, 15) is 0 Å². The molecule has 2 atom stereocenters. The maximum Gasteiger partial charge on any atom is 0.0716 e. The average molecular weight is 671 g/mol. The molecule has 0 aliphatic heterocycles. The van der Waals surface area contributed by atoms with Gasteiger partial charge in [0.15, 0.2) is 0 Å². The van der Waals surface area contributed by atoms with Gasteiger partial charge in [-0.2, -0.15) is 0 Å². The summed E-state index contributed by atoms with van der Waals surface area (Å²) < 4.78 is 13.0. The molecule has 0 aromatic rings. The molecule has 0 aromatic heterocycles. The van der Waals surface area contributed by atoms with Crippen LogP contribution in [-0.2, 0) is 9.47 Å². The van der Waals surface area contributed by atoms with Gasteiger partial charge in [0.1, 0.15) is 0 Å². The summed E-state index contributed by atoms with van der Waals surface area (Å²) in [5.74, 6) is 2.57. The Morgan fingerprint density at radius 2 is 0.825 bits per heavy atom. The maximum atomic E-state index is 6.52. The van der Waals surface area contributed by atoms with Gasteiger partial charge in [0, 0.05) is 36.2 Å². The molecule has 0 aliphatic rings. The van der Waals surface area contributed by atoms with Crippen molar-refractivity contribution >= 4 is 58.8 Å². The first kappa shape index (κ1) is 41.8. The lowest BCUT2D eigenvalue weighted by Gasteiger charge is -2.26. The van der Waals surface area contributed by atoms with Crippen LogP contribution in [0.15, 0.2) is 0 Å². The molecule has 8 heteroatoms. The topological polar surface area (TPSA) is 18.5 Å². The van der Waals surface area contributed by atoms with Crippen LogP contribution < -0.4 is 0 Å². The molecule has 0 rings (SSSR count). The molecule has 0 aromatic carbocycles. The van der Waals surface area contributed by atoms with Gasteiger partial charge in [-0.25, -0.2) is 0 Å². The second kappa shape index (κ2) is 33.6. The molecule has 40 heavy (non-hydrogen) atoms. The molecule has 2 unspecified atom stereocenters. The van der Waals surface area contributed by atoms with E-state index >= 15 is 0 Å². The Labute approximate surface area is 271 Å². The zero-order valence-corrected chi connectivity index (χ0v) is 33.3. The first-order chi connectivity index (χ1) is 19.7. The van der Waals surface area contributed by atoms with Crippen LogP contribution in [0.2, 0.25) is 24.2 Å². The second-order valence-corrected chi connectivity index (χ2v) is 24.8. The quantitative estimate of drug-likeness (QED) is 0.0390. The Morgan fingerprint density at radius 3 is 1.15 bits per heavy atom. The first-order valence-electron chi connectivity index (χ1n) is 17.5. The van der Waals surface area contributed by atoms with Crippen molar-refractivity contribution < 1.29 is 9.47 Å². The Balaban J connectivity index is 4.07. The van der Waals surface area contributed by atoms with Gasteiger partial charge in [-0.15, -0.1) is 0 Å². The normalized spacial score (nSPS) is 13.5. The molecule has 0 amide bonds. The number of ether oxygens (including phenoxy) is 2. The van der Waals surface area contributed by atoms with Gasteiger partial charge >= 0.3 is 0 Å². The van der Waals surface area contributed by atoms with E-state index in [2.05, 4.69) is 63.1 Å². The van der Waals surface area contributed by atoms with Crippen LogP contribution in [0.5, 0.6) is 0 Å². The molecule has 2 nitrogen and oxygen atoms in total. The van der Waals surface area contributed by atoms with Crippen LogP contribution in [0.25, 0.3) is 0 Å². The number of hydrogen-bond acceptors (Lipinski definition) is 6. The monoisotopic (exact) mass is 670 g/mol. The van der Waals surface area contributed by atoms with Gasteiger partial charge in [-0.1, -0.05) is 152 Å². The van der Waals surface area contributed by atoms with Gasteiger partial charge in [0.25, 0.3) is 0 Å². The van der Waals surface area contributed by atoms with Crippen molar-refractivity contribution in [2.24, 2.45) is 0 Å². The zero-order chi connectivity index (χ0) is 29.5. The number of rotatable bonds is 33. The lowest BCUT2D eigenvalue weighted by molar-refractivity contribution is 0.0907. The van der Waals surface area contributed by atoms with Crippen molar-refractivity contribution in [1.29, 1.82) is 0 Å². The fourth-order valence-corrected chi connectivity index (χ4v) is 19.2. The summed E-state index contributed by atoms with van der Waals surface area (Å²) in [4.78, 5) is 0. The minimum Gasteiger partial charge on any atom is -0.382 e. The van der Waals surface area contributed by atoms with E-state index in [1.165, 1.54) is 138 Å². The van der Waals surface area contributed by atoms with Crippen molar-refractivity contribution in [3.63, 3.8) is 0 Å². The van der Waals surface area contributed by atoms with Crippen molar-refractivity contribution in [1.82, 2.24) is 0 Å². The van der Waals surface area contributed by atoms with E-state index < -0.39 is 17.6 Å². The molecule has 0 spiro atoms. The summed E-state index contributed by atoms with van der Waals surface area (Å²) >= 11 is 0. The Kier molecular flexibility index (Phi) is 35.1. The van der Waals surface area contributed by atoms with E-state index in [4.69, 9.17) is 9.47 Å². The third-order valence-electron chi connectivity index (χ3n) is 7.91. The summed E-state index contributed by atoms with van der Waals surface area (Å²) in [7, 11) is 6.63. The third kappa shape index (κ3) is 25.1. The van der Waals surface area contributed by atoms with Gasteiger partial charge in [-0.05, 0) is 58.2 Å². The lowest BCUT2D eigenvalue weighted by atomic mass is 10.2. The van der Waals surface area contributed by atoms with E-state index in [0.29, 0.717) is 11.5 Å². The summed E-state index contributed by atoms with van der Waals surface area (Å²) in [5.41, 5.74) is 1.25. The Bertz CT molecular complexity index is 440. The Morgan fingerprint density at radius 1 is 0.450 bits per heavy atom. The van der Waals surface area contributed by atoms with E-state index in [1.54, 1.807) is 0 Å². The molecule has 0 radical (unpaired) electrons. The van der Waals surface area contributed by atoms with Crippen LogP contribution in [0.1, 0.15) is 144 Å². The van der Waals surface area contributed by atoms with Gasteiger partial charge < -0.3 is 9.47 Å². The van der Waals surface area contributed by atoms with Gasteiger partial charge in [0.2, 0.25) is 0 Å². The molecule has 0 N–H and O–H groups in total. The molecule has 0 saturated heterocycles. The fraction of sp³-hybridized carbons (Fsp3) is 1.00. The highest BCUT2D eigenvalue weighted by molar-refractivity contribution is 9.26. The van der Waals surface area contributed by atoms with Crippen LogP contribution in [0.3, 0.4) is 0 Å². The van der Waals surface area contributed by atoms with Crippen LogP contribution in [0.4, 0.5) is 0 Å². The lowest BCUT2D eigenvalue weighted by Crippen LogP contribution is -2.33. The van der Waals surface area contributed by atoms with Crippen LogP contribution >= 0.6 is 41.2 Å². The largest absolute Gasteiger partial charge is 0.382 e. The van der Waals surface area contributed by atoms with Crippen molar-refractivity contribution in [3.8, 4) is 0 Å². The van der Waals surface area contributed by atoms with Crippen LogP contribution in [0, 0.1) is 0 Å². The molecule has 242 valence electrons. The third-order valence-corrected chi connectivity index (χ3v) is 23.0. The minimum atomic E-state index is -0.761. The Hall–Kier alpha value is 1.75. The van der Waals surface area contributed by atoms with Crippen molar-refractivity contribution in [2.75, 3.05) is 24.7 Å². The standard InChI is InChI=1S/C32H70O2S4Si2/c1-7-13-17-23-33-31(39(27-9-3)28-10-4)21-15-19-25-35-37-38-36-26-20-16-22-32(34-24-18-14-8-2)40(29-11-5)30-12-6/h31-32,39-40H,7-30H2,1-6H3. The van der Waals surface area contributed by atoms with Crippen molar-refractivity contribution in [2.45, 2.75) is 180 Å². The van der Waals surface area contributed by atoms with Crippen molar-refractivity contribution in [3.05, 3.63) is 0 Å². The summed E-state index contributed by atoms with van der Waals surface area (Å²) in [6.45, 7) is 16.0. The number of hydrogen-bond donors (Lipinski definition) is 0. The zero-order valence-electron chi connectivity index (χ0n) is 27.7. The molecule has 0 saturated carbocycles. The highest BCUT2D eigenvalue weighted by atomic mass is 33.7. The summed E-state index contributed by atoms with van der Waals surface area (Å²) in [5, 5.41) is 0. The smallest absolute Gasteiger partial charge is 0.0716 e. The molecular weight excluding hydrogens is 601 g/mol. The van der Waals surface area contributed by atoms with Gasteiger partial charge in [0.05, 0.1) is 17.6 Å². The predicted octanol–water partition coefficient (Wildman–Crippen LogP) is 12.3. The number of unbranched alkanes of at least 4 members (excludes halogenated alkanes) is 6. The highest BCUT2D eigenvalue weighted by Gasteiger charge is 2.23. The summed E-state index contributed by atoms with van der Waals surface area (Å²) in [6, 6.07) is 5.88. The molecule has 0 aliphatic carbocycles. The van der Waals surface area contributed by atoms with E-state index in [0.717, 1.165) is 13.2 Å². The fourth-order valence-electron chi connectivity index (χ4n) is 5.72. The average Bonchev–Trinajstić information content (AvgIpc) is 2.95. The van der Waals surface area contributed by atoms with E-state index in [-0.39, 0.29) is 0 Å². The predicted molar refractivity (Wildman–Crippen MR) is 201 cm³/mol. The molecular formula is C32H70O2S4Si2. The van der Waals surface area contributed by atoms with Crippen LogP contribution in [-0.4, -0.2) is 53.8 Å². The molecule has 0 heterocycles. The molecule has 0 fully saturated rings.